The van der Waals surface area contributed by atoms with E-state index in [0.717, 1.165) is 22.4 Å². The smallest absolute Gasteiger partial charge is 0.336 e. The number of dihydropyridines is 1. The molecule has 0 spiro atoms. The molecule has 38 heavy (non-hydrogen) atoms. The minimum atomic E-state index is -0.569. The van der Waals surface area contributed by atoms with Crippen molar-refractivity contribution in [2.24, 2.45) is 0 Å². The van der Waals surface area contributed by atoms with Crippen molar-refractivity contribution >= 4 is 11.8 Å². The zero-order valence-corrected chi connectivity index (χ0v) is 21.8. The Morgan fingerprint density at radius 3 is 2.29 bits per heavy atom. The van der Waals surface area contributed by atoms with Crippen molar-refractivity contribution in [3.05, 3.63) is 118 Å². The Bertz CT molecular complexity index is 1410. The van der Waals surface area contributed by atoms with E-state index in [1.807, 2.05) is 73.7 Å². The number of methoxy groups -OCH3 is 2. The fourth-order valence-corrected chi connectivity index (χ4v) is 5.43. The van der Waals surface area contributed by atoms with E-state index in [0.29, 0.717) is 47.8 Å². The van der Waals surface area contributed by atoms with Crippen LogP contribution in [0.2, 0.25) is 0 Å². The SMILES string of the molecule is COC(=O)C1=C(C)NC2=C(C(=O)C[C@@H](c3ccccc3)C2)[C@@H]1c1ccc(OCc2ccccc2)c(OC)c1. The Balaban J connectivity index is 1.53. The molecule has 6 heteroatoms. The van der Waals surface area contributed by atoms with Crippen LogP contribution >= 0.6 is 0 Å². The maximum absolute atomic E-state index is 13.7. The number of nitrogens with one attached hydrogen (secondary N) is 1. The molecule has 2 atom stereocenters. The van der Waals surface area contributed by atoms with Gasteiger partial charge in [-0.05, 0) is 48.1 Å². The number of carbonyl (C=O) groups is 2. The van der Waals surface area contributed by atoms with Gasteiger partial charge in [0.2, 0.25) is 0 Å². The Kier molecular flexibility index (Phi) is 7.31. The van der Waals surface area contributed by atoms with Crippen LogP contribution in [0.25, 0.3) is 0 Å². The molecule has 0 aromatic heterocycles. The number of allylic oxidation sites excluding steroid dienone is 3. The second-order valence-electron chi connectivity index (χ2n) is 9.60. The van der Waals surface area contributed by atoms with Gasteiger partial charge >= 0.3 is 5.97 Å². The maximum Gasteiger partial charge on any atom is 0.336 e. The minimum absolute atomic E-state index is 0.0230. The molecular formula is C32H31NO5. The van der Waals surface area contributed by atoms with E-state index in [1.54, 1.807) is 7.11 Å². The van der Waals surface area contributed by atoms with Crippen LogP contribution in [0.15, 0.2) is 101 Å². The van der Waals surface area contributed by atoms with Crippen LogP contribution in [0.5, 0.6) is 11.5 Å². The Morgan fingerprint density at radius 2 is 1.61 bits per heavy atom. The largest absolute Gasteiger partial charge is 0.493 e. The molecule has 5 rings (SSSR count). The highest BCUT2D eigenvalue weighted by Crippen LogP contribution is 2.47. The summed E-state index contributed by atoms with van der Waals surface area (Å²) < 4.78 is 16.9. The van der Waals surface area contributed by atoms with Crippen LogP contribution in [0, 0.1) is 0 Å². The van der Waals surface area contributed by atoms with Crippen LogP contribution in [-0.4, -0.2) is 26.0 Å². The first-order chi connectivity index (χ1) is 18.5. The molecule has 194 valence electrons. The van der Waals surface area contributed by atoms with Crippen LogP contribution in [0.3, 0.4) is 0 Å². The molecule has 1 N–H and O–H groups in total. The van der Waals surface area contributed by atoms with Gasteiger partial charge in [-0.1, -0.05) is 66.7 Å². The summed E-state index contributed by atoms with van der Waals surface area (Å²) in [4.78, 5) is 26.7. The molecule has 1 heterocycles. The van der Waals surface area contributed by atoms with Gasteiger partial charge in [0.15, 0.2) is 17.3 Å². The second kappa shape index (κ2) is 11.0. The fraction of sp³-hybridized carbons (Fsp3) is 0.250. The molecular weight excluding hydrogens is 478 g/mol. The van der Waals surface area contributed by atoms with Gasteiger partial charge in [0.1, 0.15) is 6.61 Å². The lowest BCUT2D eigenvalue weighted by Gasteiger charge is -2.36. The molecule has 2 aliphatic rings. The number of carbonyl (C=O) groups excluding carboxylic acids is 2. The minimum Gasteiger partial charge on any atom is -0.493 e. The van der Waals surface area contributed by atoms with Gasteiger partial charge in [0.05, 0.1) is 19.8 Å². The summed E-state index contributed by atoms with van der Waals surface area (Å²) in [7, 11) is 2.94. The van der Waals surface area contributed by atoms with Gasteiger partial charge in [0.25, 0.3) is 0 Å². The van der Waals surface area contributed by atoms with Crippen LogP contribution in [0.4, 0.5) is 0 Å². The highest BCUT2D eigenvalue weighted by atomic mass is 16.5. The van der Waals surface area contributed by atoms with Gasteiger partial charge in [-0.15, -0.1) is 0 Å². The molecule has 3 aromatic carbocycles. The fourth-order valence-electron chi connectivity index (χ4n) is 5.43. The van der Waals surface area contributed by atoms with E-state index in [-0.39, 0.29) is 11.7 Å². The van der Waals surface area contributed by atoms with Crippen LogP contribution in [-0.2, 0) is 20.9 Å². The number of rotatable bonds is 7. The number of esters is 1. The van der Waals surface area contributed by atoms with Crippen LogP contribution < -0.4 is 14.8 Å². The molecule has 0 bridgehead atoms. The molecule has 3 aromatic rings. The molecule has 0 amide bonds. The maximum atomic E-state index is 13.7. The molecule has 0 unspecified atom stereocenters. The molecule has 1 aliphatic carbocycles. The van der Waals surface area contributed by atoms with E-state index in [4.69, 9.17) is 14.2 Å². The molecule has 0 saturated carbocycles. The third kappa shape index (κ3) is 4.94. The van der Waals surface area contributed by atoms with Gasteiger partial charge < -0.3 is 19.5 Å². The summed E-state index contributed by atoms with van der Waals surface area (Å²) >= 11 is 0. The summed E-state index contributed by atoms with van der Waals surface area (Å²) in [6.07, 6.45) is 1.06. The van der Waals surface area contributed by atoms with Crippen molar-refractivity contribution in [3.63, 3.8) is 0 Å². The average Bonchev–Trinajstić information content (AvgIpc) is 2.95. The van der Waals surface area contributed by atoms with Gasteiger partial charge in [-0.3, -0.25) is 4.79 Å². The van der Waals surface area contributed by atoms with Crippen molar-refractivity contribution in [1.29, 1.82) is 0 Å². The van der Waals surface area contributed by atoms with Crippen molar-refractivity contribution < 1.29 is 23.8 Å². The van der Waals surface area contributed by atoms with E-state index in [1.165, 1.54) is 7.11 Å². The summed E-state index contributed by atoms with van der Waals surface area (Å²) in [6, 6.07) is 25.6. The first-order valence-corrected chi connectivity index (χ1v) is 12.7. The van der Waals surface area contributed by atoms with E-state index in [2.05, 4.69) is 17.4 Å². The van der Waals surface area contributed by atoms with Crippen molar-refractivity contribution in [3.8, 4) is 11.5 Å². The Labute approximate surface area is 222 Å². The number of ketones is 1. The molecule has 0 saturated heterocycles. The quantitative estimate of drug-likeness (QED) is 0.405. The second-order valence-corrected chi connectivity index (χ2v) is 9.60. The van der Waals surface area contributed by atoms with E-state index < -0.39 is 11.9 Å². The molecule has 0 radical (unpaired) electrons. The lowest BCUT2D eigenvalue weighted by Crippen LogP contribution is -2.36. The standard InChI is InChI=1S/C32H31NO5/c1-20-29(32(35)37-3)30(31-25(33-20)16-24(17-26(31)34)22-12-8-5-9-13-22)23-14-15-27(28(18-23)36-2)38-19-21-10-6-4-7-11-21/h4-15,18,24,30,33H,16-17,19H2,1-3H3/t24-,30+/m0/s1. The van der Waals surface area contributed by atoms with Gasteiger partial charge in [-0.25, -0.2) is 4.79 Å². The number of benzene rings is 3. The van der Waals surface area contributed by atoms with Crippen molar-refractivity contribution in [1.82, 2.24) is 5.32 Å². The summed E-state index contributed by atoms with van der Waals surface area (Å²) in [5, 5.41) is 3.37. The first kappa shape index (κ1) is 25.3. The number of Topliss-reactive ketones (excluding diaryl/α,β-unsaturated/α-hetero) is 1. The summed E-state index contributed by atoms with van der Waals surface area (Å²) in [5.41, 5.74) is 5.53. The first-order valence-electron chi connectivity index (χ1n) is 12.7. The van der Waals surface area contributed by atoms with Gasteiger partial charge in [-0.2, -0.15) is 0 Å². The van der Waals surface area contributed by atoms with E-state index >= 15 is 0 Å². The van der Waals surface area contributed by atoms with Crippen molar-refractivity contribution in [2.75, 3.05) is 14.2 Å². The van der Waals surface area contributed by atoms with Crippen LogP contribution in [0.1, 0.15) is 48.3 Å². The highest BCUT2D eigenvalue weighted by molar-refractivity contribution is 6.04. The zero-order valence-electron chi connectivity index (χ0n) is 21.8. The zero-order chi connectivity index (χ0) is 26.6. The van der Waals surface area contributed by atoms with Crippen molar-refractivity contribution in [2.45, 2.75) is 38.2 Å². The Morgan fingerprint density at radius 1 is 0.895 bits per heavy atom. The third-order valence-electron chi connectivity index (χ3n) is 7.26. The molecule has 6 nitrogen and oxygen atoms in total. The third-order valence-corrected chi connectivity index (χ3v) is 7.26. The topological polar surface area (TPSA) is 73.9 Å². The summed E-state index contributed by atoms with van der Waals surface area (Å²) in [6.45, 7) is 2.25. The molecule has 1 aliphatic heterocycles. The summed E-state index contributed by atoms with van der Waals surface area (Å²) in [5.74, 6) is 0.184. The lowest BCUT2D eigenvalue weighted by molar-refractivity contribution is -0.136. The highest BCUT2D eigenvalue weighted by Gasteiger charge is 2.41. The van der Waals surface area contributed by atoms with Gasteiger partial charge in [0, 0.05) is 29.3 Å². The Hall–Kier alpha value is -4.32. The number of hydrogen-bond acceptors (Lipinski definition) is 6. The van der Waals surface area contributed by atoms with E-state index in [9.17, 15) is 9.59 Å². The number of hydrogen-bond donors (Lipinski definition) is 1. The average molecular weight is 510 g/mol. The predicted molar refractivity (Wildman–Crippen MR) is 145 cm³/mol. The lowest BCUT2D eigenvalue weighted by atomic mass is 9.71. The molecule has 0 fully saturated rings. The number of ether oxygens (including phenoxy) is 3. The predicted octanol–water partition coefficient (Wildman–Crippen LogP) is 5.81. The normalized spacial score (nSPS) is 19.0. The monoisotopic (exact) mass is 509 g/mol.